The number of nitrogens with one attached hydrogen (secondary N) is 1. The van der Waals surface area contributed by atoms with Gasteiger partial charge in [0.25, 0.3) is 0 Å². The van der Waals surface area contributed by atoms with Gasteiger partial charge in [-0.05, 0) is 39.8 Å². The van der Waals surface area contributed by atoms with Crippen LogP contribution >= 0.6 is 0 Å². The van der Waals surface area contributed by atoms with Gasteiger partial charge < -0.3 is 10.2 Å². The van der Waals surface area contributed by atoms with Crippen molar-refractivity contribution in [3.63, 3.8) is 0 Å². The van der Waals surface area contributed by atoms with E-state index in [4.69, 9.17) is 0 Å². The van der Waals surface area contributed by atoms with Crippen LogP contribution in [0.2, 0.25) is 0 Å². The van der Waals surface area contributed by atoms with Crippen LogP contribution in [-0.2, 0) is 18.3 Å². The minimum Gasteiger partial charge on any atom is -0.352 e. The zero-order valence-corrected chi connectivity index (χ0v) is 12.7. The first kappa shape index (κ1) is 15.7. The van der Waals surface area contributed by atoms with E-state index in [1.165, 1.54) is 0 Å². The molecule has 1 atom stereocenters. The van der Waals surface area contributed by atoms with Crippen LogP contribution in [-0.4, -0.2) is 46.3 Å². The van der Waals surface area contributed by atoms with Crippen LogP contribution in [0.3, 0.4) is 0 Å². The summed E-state index contributed by atoms with van der Waals surface area (Å²) in [6.45, 7) is 7.21. The molecule has 0 aliphatic carbocycles. The van der Waals surface area contributed by atoms with Gasteiger partial charge in [0, 0.05) is 38.3 Å². The first-order valence-electron chi connectivity index (χ1n) is 6.85. The summed E-state index contributed by atoms with van der Waals surface area (Å²) in [4.78, 5) is 14.1. The lowest BCUT2D eigenvalue weighted by Gasteiger charge is -2.25. The molecular weight excluding hydrogens is 240 g/mol. The Balaban J connectivity index is 2.27. The van der Waals surface area contributed by atoms with E-state index in [1.54, 1.807) is 4.68 Å². The van der Waals surface area contributed by atoms with Gasteiger partial charge in [0.05, 0.1) is 6.20 Å². The molecule has 0 fully saturated rings. The highest BCUT2D eigenvalue weighted by Gasteiger charge is 2.11. The molecular formula is C14H26N4O. The third kappa shape index (κ3) is 5.87. The molecule has 0 aliphatic rings. The second kappa shape index (κ2) is 7.28. The second-order valence-corrected chi connectivity index (χ2v) is 5.52. The van der Waals surface area contributed by atoms with E-state index in [-0.39, 0.29) is 11.9 Å². The topological polar surface area (TPSA) is 50.2 Å². The molecule has 108 valence electrons. The lowest BCUT2D eigenvalue weighted by molar-refractivity contribution is -0.121. The Morgan fingerprint density at radius 1 is 1.47 bits per heavy atom. The summed E-state index contributed by atoms with van der Waals surface area (Å²) in [7, 11) is 3.95. The van der Waals surface area contributed by atoms with Crippen LogP contribution in [0.5, 0.6) is 0 Å². The van der Waals surface area contributed by atoms with E-state index in [9.17, 15) is 4.79 Å². The minimum atomic E-state index is 0.105. The Kier molecular flexibility index (Phi) is 6.02. The number of aryl methyl sites for hydroxylation is 2. The van der Waals surface area contributed by atoms with Crippen molar-refractivity contribution >= 4 is 5.91 Å². The van der Waals surface area contributed by atoms with Gasteiger partial charge in [-0.2, -0.15) is 5.10 Å². The van der Waals surface area contributed by atoms with Gasteiger partial charge in [0.15, 0.2) is 0 Å². The quantitative estimate of drug-likeness (QED) is 0.807. The molecule has 0 saturated heterocycles. The number of hydrogen-bond acceptors (Lipinski definition) is 3. The Hall–Kier alpha value is -1.36. The van der Waals surface area contributed by atoms with Gasteiger partial charge in [0.2, 0.25) is 5.91 Å². The molecule has 1 N–H and O–H groups in total. The predicted molar refractivity (Wildman–Crippen MR) is 76.9 cm³/mol. The van der Waals surface area contributed by atoms with Crippen LogP contribution in [0, 0.1) is 0 Å². The van der Waals surface area contributed by atoms with E-state index in [0.29, 0.717) is 12.5 Å². The van der Waals surface area contributed by atoms with E-state index in [0.717, 1.165) is 18.5 Å². The molecule has 1 aromatic heterocycles. The largest absolute Gasteiger partial charge is 0.352 e. The molecule has 0 radical (unpaired) electrons. The van der Waals surface area contributed by atoms with Crippen LogP contribution in [0.15, 0.2) is 12.4 Å². The van der Waals surface area contributed by atoms with E-state index >= 15 is 0 Å². The summed E-state index contributed by atoms with van der Waals surface area (Å²) in [6, 6.07) is 0.670. The predicted octanol–water partition coefficient (Wildman–Crippen LogP) is 1.20. The van der Waals surface area contributed by atoms with Crippen molar-refractivity contribution in [2.24, 2.45) is 7.05 Å². The van der Waals surface area contributed by atoms with Crippen LogP contribution in [0.1, 0.15) is 32.8 Å². The zero-order chi connectivity index (χ0) is 14.4. The maximum absolute atomic E-state index is 11.8. The van der Waals surface area contributed by atoms with Crippen LogP contribution in [0.4, 0.5) is 0 Å². The van der Waals surface area contributed by atoms with Crippen molar-refractivity contribution in [1.29, 1.82) is 0 Å². The molecule has 0 bridgehead atoms. The van der Waals surface area contributed by atoms with Crippen molar-refractivity contribution in [3.8, 4) is 0 Å². The van der Waals surface area contributed by atoms with Crippen LogP contribution < -0.4 is 5.32 Å². The molecule has 0 aromatic carbocycles. The van der Waals surface area contributed by atoms with Crippen molar-refractivity contribution in [2.45, 2.75) is 45.7 Å². The average molecular weight is 266 g/mol. The molecule has 1 amide bonds. The molecule has 0 saturated carbocycles. The third-order valence-electron chi connectivity index (χ3n) is 3.25. The van der Waals surface area contributed by atoms with Gasteiger partial charge in [0.1, 0.15) is 0 Å². The smallest absolute Gasteiger partial charge is 0.220 e. The number of rotatable bonds is 7. The highest BCUT2D eigenvalue weighted by Crippen LogP contribution is 2.01. The lowest BCUT2D eigenvalue weighted by Crippen LogP contribution is -2.42. The standard InChI is InChI=1S/C14H26N4O/c1-11(2)17(4)9-12(3)16-14(19)7-6-13-8-15-18(5)10-13/h8,10-12H,6-7,9H2,1-5H3,(H,16,19)/t12-/m1/s1. The number of nitrogens with zero attached hydrogens (tertiary/aromatic N) is 3. The average Bonchev–Trinajstić information content (AvgIpc) is 2.72. The summed E-state index contributed by atoms with van der Waals surface area (Å²) in [6.07, 6.45) is 5.01. The normalized spacial score (nSPS) is 13.0. The molecule has 1 heterocycles. The SMILES string of the molecule is CC(C)N(C)C[C@@H](C)NC(=O)CCc1cnn(C)c1. The first-order chi connectivity index (χ1) is 8.88. The monoisotopic (exact) mass is 266 g/mol. The minimum absolute atomic E-state index is 0.105. The second-order valence-electron chi connectivity index (χ2n) is 5.52. The number of likely N-dealkylation sites (N-methyl/N-ethyl adjacent to an activating group) is 1. The molecule has 0 unspecified atom stereocenters. The maximum atomic E-state index is 11.8. The van der Waals surface area contributed by atoms with Crippen molar-refractivity contribution < 1.29 is 4.79 Å². The van der Waals surface area contributed by atoms with E-state index in [1.807, 2.05) is 26.4 Å². The summed E-state index contributed by atoms with van der Waals surface area (Å²) in [5.41, 5.74) is 1.10. The molecule has 0 spiro atoms. The van der Waals surface area contributed by atoms with E-state index < -0.39 is 0 Å². The number of amides is 1. The van der Waals surface area contributed by atoms with Crippen molar-refractivity contribution in [2.75, 3.05) is 13.6 Å². The van der Waals surface area contributed by atoms with Gasteiger partial charge in [-0.3, -0.25) is 9.48 Å². The Bertz CT molecular complexity index is 400. The Labute approximate surface area is 116 Å². The fourth-order valence-corrected chi connectivity index (χ4v) is 1.89. The lowest BCUT2D eigenvalue weighted by atomic mass is 10.2. The van der Waals surface area contributed by atoms with Crippen LogP contribution in [0.25, 0.3) is 0 Å². The summed E-state index contributed by atoms with van der Waals surface area (Å²) in [5, 5.41) is 7.13. The fraction of sp³-hybridized carbons (Fsp3) is 0.714. The van der Waals surface area contributed by atoms with Gasteiger partial charge in [-0.25, -0.2) is 0 Å². The summed E-state index contributed by atoms with van der Waals surface area (Å²) < 4.78 is 1.76. The van der Waals surface area contributed by atoms with Gasteiger partial charge in [-0.15, -0.1) is 0 Å². The molecule has 19 heavy (non-hydrogen) atoms. The fourth-order valence-electron chi connectivity index (χ4n) is 1.89. The van der Waals surface area contributed by atoms with E-state index in [2.05, 4.69) is 36.2 Å². The molecule has 1 aromatic rings. The molecule has 5 heteroatoms. The Morgan fingerprint density at radius 2 is 2.16 bits per heavy atom. The number of hydrogen-bond donors (Lipinski definition) is 1. The highest BCUT2D eigenvalue weighted by molar-refractivity contribution is 5.76. The number of carbonyl (C=O) groups is 1. The molecule has 5 nitrogen and oxygen atoms in total. The summed E-state index contributed by atoms with van der Waals surface area (Å²) >= 11 is 0. The maximum Gasteiger partial charge on any atom is 0.220 e. The summed E-state index contributed by atoms with van der Waals surface area (Å²) in [5.74, 6) is 0.105. The third-order valence-corrected chi connectivity index (χ3v) is 3.25. The first-order valence-corrected chi connectivity index (χ1v) is 6.85. The number of aromatic nitrogens is 2. The van der Waals surface area contributed by atoms with Crippen molar-refractivity contribution in [3.05, 3.63) is 18.0 Å². The zero-order valence-electron chi connectivity index (χ0n) is 12.7. The van der Waals surface area contributed by atoms with Gasteiger partial charge >= 0.3 is 0 Å². The molecule has 0 aliphatic heterocycles. The highest BCUT2D eigenvalue weighted by atomic mass is 16.1. The molecule has 1 rings (SSSR count). The van der Waals surface area contributed by atoms with Crippen molar-refractivity contribution in [1.82, 2.24) is 20.0 Å². The number of carbonyl (C=O) groups excluding carboxylic acids is 1. The van der Waals surface area contributed by atoms with Gasteiger partial charge in [-0.1, -0.05) is 0 Å². The Morgan fingerprint density at radius 3 is 2.68 bits per heavy atom.